The Labute approximate surface area is 201 Å². The second kappa shape index (κ2) is 10.0. The van der Waals surface area contributed by atoms with Crippen LogP contribution in [0.25, 0.3) is 5.69 Å². The molecule has 1 aromatic heterocycles. The molecule has 8 heteroatoms. The Kier molecular flexibility index (Phi) is 7.07. The molecular weight excluding hydrogens is 450 g/mol. The summed E-state index contributed by atoms with van der Waals surface area (Å²) in [4.78, 5) is 19.2. The quantitative estimate of drug-likeness (QED) is 0.503. The molecule has 2 aromatic carbocycles. The van der Waals surface area contributed by atoms with Gasteiger partial charge in [-0.15, -0.1) is 0 Å². The van der Waals surface area contributed by atoms with Crippen molar-refractivity contribution >= 4 is 21.6 Å². The zero-order chi connectivity index (χ0) is 24.3. The zero-order valence-corrected chi connectivity index (χ0v) is 20.5. The Hall–Kier alpha value is -3.13. The molecular formula is C26H31N3O4S. The van der Waals surface area contributed by atoms with E-state index in [1.807, 2.05) is 43.0 Å². The van der Waals surface area contributed by atoms with Crippen LogP contribution in [0.5, 0.6) is 0 Å². The minimum absolute atomic E-state index is 0.0795. The first-order chi connectivity index (χ1) is 16.4. The number of sulfone groups is 1. The number of anilines is 1. The number of aromatic nitrogens is 2. The van der Waals surface area contributed by atoms with Crippen LogP contribution in [0.1, 0.15) is 60.3 Å². The fraction of sp³-hybridized carbons (Fsp3) is 0.385. The van der Waals surface area contributed by atoms with E-state index in [-0.39, 0.29) is 22.4 Å². The number of piperidine rings is 1. The summed E-state index contributed by atoms with van der Waals surface area (Å²) in [7, 11) is -3.95. The number of aryl methyl sites for hydroxylation is 2. The van der Waals surface area contributed by atoms with E-state index in [0.717, 1.165) is 30.4 Å². The summed E-state index contributed by atoms with van der Waals surface area (Å²) >= 11 is 0. The predicted octanol–water partition coefficient (Wildman–Crippen LogP) is 4.66. The fourth-order valence-corrected chi connectivity index (χ4v) is 6.13. The summed E-state index contributed by atoms with van der Waals surface area (Å²) in [6, 6.07) is 14.7. The van der Waals surface area contributed by atoms with Gasteiger partial charge in [0.25, 0.3) is 0 Å². The van der Waals surface area contributed by atoms with Gasteiger partial charge in [0.1, 0.15) is 0 Å². The van der Waals surface area contributed by atoms with Crippen LogP contribution in [0, 0.1) is 0 Å². The van der Waals surface area contributed by atoms with Crippen LogP contribution in [0.4, 0.5) is 5.82 Å². The molecule has 7 nitrogen and oxygen atoms in total. The Balaban J connectivity index is 2.02. The van der Waals surface area contributed by atoms with Crippen LogP contribution in [0.15, 0.2) is 53.7 Å². The van der Waals surface area contributed by atoms with Gasteiger partial charge in [-0.1, -0.05) is 62.4 Å². The second-order valence-electron chi connectivity index (χ2n) is 8.63. The molecule has 34 heavy (non-hydrogen) atoms. The van der Waals surface area contributed by atoms with Gasteiger partial charge in [0.15, 0.2) is 11.5 Å². The molecule has 0 bridgehead atoms. The third kappa shape index (κ3) is 4.59. The van der Waals surface area contributed by atoms with Gasteiger partial charge < -0.3 is 10.0 Å². The average Bonchev–Trinajstić information content (AvgIpc) is 3.26. The lowest BCUT2D eigenvalue weighted by atomic mass is 10.0. The number of carboxylic acid groups (broad SMARTS) is 1. The number of carboxylic acids is 1. The highest BCUT2D eigenvalue weighted by atomic mass is 32.2. The molecule has 0 saturated carbocycles. The van der Waals surface area contributed by atoms with Crippen molar-refractivity contribution < 1.29 is 18.3 Å². The van der Waals surface area contributed by atoms with E-state index in [4.69, 9.17) is 0 Å². The number of rotatable bonds is 8. The first-order valence-corrected chi connectivity index (χ1v) is 13.5. The molecule has 180 valence electrons. The van der Waals surface area contributed by atoms with Crippen molar-refractivity contribution in [1.82, 2.24) is 9.55 Å². The van der Waals surface area contributed by atoms with Crippen LogP contribution in [-0.4, -0.2) is 42.1 Å². The van der Waals surface area contributed by atoms with Crippen LogP contribution in [0.3, 0.4) is 0 Å². The molecule has 1 fully saturated rings. The lowest BCUT2D eigenvalue weighted by molar-refractivity contribution is 0.0688. The molecule has 3 aromatic rings. The maximum Gasteiger partial charge on any atom is 0.356 e. The molecule has 0 aliphatic carbocycles. The standard InChI is InChI=1S/C26H31N3O4S/c1-3-20-14-11-15-21(4-2)22(20)29-23(25(30)31)24(28-16-9-6-10-17-28)27-26(29)34(32,33)18-19-12-7-5-8-13-19/h5,7-8,11-15H,3-4,6,9-10,16-18H2,1-2H3,(H,30,31). The van der Waals surface area contributed by atoms with E-state index < -0.39 is 15.8 Å². The monoisotopic (exact) mass is 481 g/mol. The number of carbonyl (C=O) groups is 1. The van der Waals surface area contributed by atoms with Crippen molar-refractivity contribution in [2.24, 2.45) is 0 Å². The Morgan fingerprint density at radius 1 is 0.941 bits per heavy atom. The molecule has 2 heterocycles. The molecule has 0 atom stereocenters. The van der Waals surface area contributed by atoms with E-state index >= 15 is 0 Å². The van der Waals surface area contributed by atoms with E-state index in [1.54, 1.807) is 24.3 Å². The summed E-state index contributed by atoms with van der Waals surface area (Å²) in [5.41, 5.74) is 2.95. The zero-order valence-electron chi connectivity index (χ0n) is 19.7. The second-order valence-corrected chi connectivity index (χ2v) is 10.5. The van der Waals surface area contributed by atoms with Gasteiger partial charge in [-0.2, -0.15) is 4.98 Å². The largest absolute Gasteiger partial charge is 0.476 e. The van der Waals surface area contributed by atoms with Crippen molar-refractivity contribution in [3.05, 3.63) is 70.9 Å². The van der Waals surface area contributed by atoms with Crippen molar-refractivity contribution in [3.63, 3.8) is 0 Å². The summed E-state index contributed by atoms with van der Waals surface area (Å²) in [6.45, 7) is 5.29. The molecule has 0 amide bonds. The number of nitrogens with zero attached hydrogens (tertiary/aromatic N) is 3. The lowest BCUT2D eigenvalue weighted by Gasteiger charge is -2.27. The number of imidazole rings is 1. The fourth-order valence-electron chi connectivity index (χ4n) is 4.68. The normalized spacial score (nSPS) is 14.4. The lowest BCUT2D eigenvalue weighted by Crippen LogP contribution is -2.31. The third-order valence-electron chi connectivity index (χ3n) is 6.35. The molecule has 0 spiro atoms. The van der Waals surface area contributed by atoms with Crippen LogP contribution in [0.2, 0.25) is 0 Å². The Morgan fingerprint density at radius 2 is 1.56 bits per heavy atom. The van der Waals surface area contributed by atoms with E-state index in [0.29, 0.717) is 37.2 Å². The highest BCUT2D eigenvalue weighted by Gasteiger charge is 2.35. The Bertz CT molecular complexity index is 1250. The maximum absolute atomic E-state index is 13.8. The molecule has 1 aliphatic heterocycles. The summed E-state index contributed by atoms with van der Waals surface area (Å²) in [6.07, 6.45) is 4.18. The highest BCUT2D eigenvalue weighted by molar-refractivity contribution is 7.90. The van der Waals surface area contributed by atoms with Crippen molar-refractivity contribution in [2.45, 2.75) is 56.9 Å². The van der Waals surface area contributed by atoms with Gasteiger partial charge in [0.05, 0.1) is 11.4 Å². The SMILES string of the molecule is CCc1cccc(CC)c1-n1c(S(=O)(=O)Cc2ccccc2)nc(N2CCCCC2)c1C(=O)O. The third-order valence-corrected chi connectivity index (χ3v) is 7.90. The number of aromatic carboxylic acids is 1. The number of benzene rings is 2. The number of para-hydroxylation sites is 1. The van der Waals surface area contributed by atoms with Gasteiger partial charge in [0.2, 0.25) is 15.0 Å². The van der Waals surface area contributed by atoms with Crippen LogP contribution < -0.4 is 4.90 Å². The van der Waals surface area contributed by atoms with Crippen LogP contribution in [-0.2, 0) is 28.4 Å². The molecule has 0 radical (unpaired) electrons. The maximum atomic E-state index is 13.8. The minimum Gasteiger partial charge on any atom is -0.476 e. The summed E-state index contributed by atoms with van der Waals surface area (Å²) in [5.74, 6) is -1.19. The highest BCUT2D eigenvalue weighted by Crippen LogP contribution is 2.34. The van der Waals surface area contributed by atoms with Gasteiger partial charge >= 0.3 is 5.97 Å². The molecule has 4 rings (SSSR count). The molecule has 1 saturated heterocycles. The topological polar surface area (TPSA) is 92.5 Å². The minimum atomic E-state index is -3.95. The Morgan fingerprint density at radius 3 is 2.12 bits per heavy atom. The molecule has 1 aliphatic rings. The summed E-state index contributed by atoms with van der Waals surface area (Å²) < 4.78 is 28.9. The first-order valence-electron chi connectivity index (χ1n) is 11.9. The predicted molar refractivity (Wildman–Crippen MR) is 133 cm³/mol. The first kappa shape index (κ1) is 24.0. The number of hydrogen-bond acceptors (Lipinski definition) is 5. The van der Waals surface area contributed by atoms with E-state index in [2.05, 4.69) is 4.98 Å². The molecule has 1 N–H and O–H groups in total. The molecule has 0 unspecified atom stereocenters. The smallest absolute Gasteiger partial charge is 0.356 e. The van der Waals surface area contributed by atoms with Crippen molar-refractivity contribution in [3.8, 4) is 5.69 Å². The van der Waals surface area contributed by atoms with E-state index in [9.17, 15) is 18.3 Å². The van der Waals surface area contributed by atoms with Gasteiger partial charge in [-0.3, -0.25) is 4.57 Å². The van der Waals surface area contributed by atoms with E-state index in [1.165, 1.54) is 4.57 Å². The average molecular weight is 482 g/mol. The van der Waals surface area contributed by atoms with Crippen molar-refractivity contribution in [2.75, 3.05) is 18.0 Å². The number of hydrogen-bond donors (Lipinski definition) is 1. The van der Waals surface area contributed by atoms with Gasteiger partial charge in [-0.05, 0) is 48.8 Å². The van der Waals surface area contributed by atoms with Crippen molar-refractivity contribution in [1.29, 1.82) is 0 Å². The summed E-state index contributed by atoms with van der Waals surface area (Å²) in [5, 5.41) is 10.1. The van der Waals surface area contributed by atoms with Gasteiger partial charge in [0, 0.05) is 13.1 Å². The van der Waals surface area contributed by atoms with Crippen LogP contribution >= 0.6 is 0 Å². The van der Waals surface area contributed by atoms with Gasteiger partial charge in [-0.25, -0.2) is 13.2 Å².